The highest BCUT2D eigenvalue weighted by Crippen LogP contribution is 2.31. The second-order valence-electron chi connectivity index (χ2n) is 4.10. The van der Waals surface area contributed by atoms with E-state index in [1.54, 1.807) is 0 Å². The van der Waals surface area contributed by atoms with E-state index >= 15 is 0 Å². The maximum atomic E-state index is 11.1. The number of carboxylic acid groups (broad SMARTS) is 1. The van der Waals surface area contributed by atoms with Crippen LogP contribution in [-0.2, 0) is 4.79 Å². The number of aliphatic carboxylic acids is 1. The van der Waals surface area contributed by atoms with Gasteiger partial charge in [-0.25, -0.2) is 0 Å². The van der Waals surface area contributed by atoms with Crippen molar-refractivity contribution in [2.45, 2.75) is 12.3 Å². The molecule has 1 aliphatic rings. The topological polar surface area (TPSA) is 49.3 Å². The highest BCUT2D eigenvalue weighted by atomic mass is 35.5. The third-order valence-electron chi connectivity index (χ3n) is 3.10. The van der Waals surface area contributed by atoms with E-state index in [4.69, 9.17) is 16.7 Å². The van der Waals surface area contributed by atoms with E-state index < -0.39 is 5.97 Å². The van der Waals surface area contributed by atoms with Gasteiger partial charge in [-0.05, 0) is 36.6 Å². The summed E-state index contributed by atoms with van der Waals surface area (Å²) in [6.45, 7) is 1.42. The molecule has 0 radical (unpaired) electrons. The van der Waals surface area contributed by atoms with Gasteiger partial charge in [0.05, 0.1) is 5.92 Å². The van der Waals surface area contributed by atoms with Crippen LogP contribution in [0.1, 0.15) is 17.9 Å². The van der Waals surface area contributed by atoms with Gasteiger partial charge in [-0.15, -0.1) is 0 Å². The first-order valence-electron chi connectivity index (χ1n) is 5.37. The van der Waals surface area contributed by atoms with Gasteiger partial charge < -0.3 is 10.4 Å². The van der Waals surface area contributed by atoms with Gasteiger partial charge in [-0.2, -0.15) is 0 Å². The van der Waals surface area contributed by atoms with Gasteiger partial charge in [0, 0.05) is 11.6 Å². The van der Waals surface area contributed by atoms with Crippen molar-refractivity contribution in [3.8, 4) is 0 Å². The second-order valence-corrected chi connectivity index (χ2v) is 4.53. The van der Waals surface area contributed by atoms with Crippen LogP contribution in [0.3, 0.4) is 0 Å². The Kier molecular flexibility index (Phi) is 3.46. The van der Waals surface area contributed by atoms with Crippen LogP contribution in [0.2, 0.25) is 5.02 Å². The predicted octanol–water partition coefficient (Wildman–Crippen LogP) is 2.12. The van der Waals surface area contributed by atoms with Crippen LogP contribution < -0.4 is 5.32 Å². The van der Waals surface area contributed by atoms with E-state index in [9.17, 15) is 4.79 Å². The Morgan fingerprint density at radius 1 is 1.38 bits per heavy atom. The molecule has 1 aromatic carbocycles. The summed E-state index contributed by atoms with van der Waals surface area (Å²) >= 11 is 5.82. The first-order valence-corrected chi connectivity index (χ1v) is 5.75. The first kappa shape index (κ1) is 11.4. The smallest absolute Gasteiger partial charge is 0.308 e. The Morgan fingerprint density at radius 3 is 2.69 bits per heavy atom. The quantitative estimate of drug-likeness (QED) is 0.831. The molecule has 0 aromatic heterocycles. The van der Waals surface area contributed by atoms with E-state index in [0.717, 1.165) is 18.5 Å². The van der Waals surface area contributed by atoms with Gasteiger partial charge in [0.15, 0.2) is 0 Å². The molecule has 86 valence electrons. The summed E-state index contributed by atoms with van der Waals surface area (Å²) in [5.41, 5.74) is 1.07. The number of hydrogen-bond acceptors (Lipinski definition) is 2. The summed E-state index contributed by atoms with van der Waals surface area (Å²) in [6.07, 6.45) is 0.860. The van der Waals surface area contributed by atoms with Gasteiger partial charge in [0.2, 0.25) is 0 Å². The molecule has 4 heteroatoms. The number of hydrogen-bond donors (Lipinski definition) is 2. The number of halogens is 1. The molecule has 0 spiro atoms. The minimum absolute atomic E-state index is 0.0935. The first-order chi connectivity index (χ1) is 7.68. The Hall–Kier alpha value is -1.06. The van der Waals surface area contributed by atoms with Crippen molar-refractivity contribution in [2.75, 3.05) is 13.1 Å². The summed E-state index contributed by atoms with van der Waals surface area (Å²) in [6, 6.07) is 7.48. The van der Waals surface area contributed by atoms with E-state index in [1.165, 1.54) is 0 Å². The molecule has 2 atom stereocenters. The standard InChI is InChI=1S/C12H14ClNO2/c13-9-3-1-8(2-4-9)10-5-6-14-7-11(10)12(15)16/h1-4,10-11,14H,5-7H2,(H,15,16)/t10-,11-/m1/s1. The van der Waals surface area contributed by atoms with Crippen LogP contribution in [0.4, 0.5) is 0 Å². The minimum atomic E-state index is -0.729. The molecule has 0 amide bonds. The lowest BCUT2D eigenvalue weighted by Gasteiger charge is -2.29. The molecule has 2 rings (SSSR count). The number of carboxylic acids is 1. The van der Waals surface area contributed by atoms with Gasteiger partial charge in [-0.3, -0.25) is 4.79 Å². The van der Waals surface area contributed by atoms with Crippen LogP contribution in [0, 0.1) is 5.92 Å². The normalized spacial score (nSPS) is 25.3. The lowest BCUT2D eigenvalue weighted by Crippen LogP contribution is -2.39. The number of rotatable bonds is 2. The molecule has 1 aliphatic heterocycles. The Bertz CT molecular complexity index is 377. The Labute approximate surface area is 99.4 Å². The Morgan fingerprint density at radius 2 is 2.06 bits per heavy atom. The molecular weight excluding hydrogens is 226 g/mol. The van der Waals surface area contributed by atoms with Crippen molar-refractivity contribution in [3.63, 3.8) is 0 Å². The lowest BCUT2D eigenvalue weighted by atomic mass is 9.81. The molecule has 0 aliphatic carbocycles. The number of carbonyl (C=O) groups is 1. The fourth-order valence-electron chi connectivity index (χ4n) is 2.23. The zero-order valence-electron chi connectivity index (χ0n) is 8.82. The summed E-state index contributed by atoms with van der Waals surface area (Å²) < 4.78 is 0. The molecule has 1 aromatic rings. The third-order valence-corrected chi connectivity index (χ3v) is 3.35. The SMILES string of the molecule is O=C(O)[C@@H]1CNCC[C@@H]1c1ccc(Cl)cc1. The molecule has 0 unspecified atom stereocenters. The van der Waals surface area contributed by atoms with Gasteiger partial charge in [-0.1, -0.05) is 23.7 Å². The van der Waals surface area contributed by atoms with Crippen molar-refractivity contribution >= 4 is 17.6 Å². The highest BCUT2D eigenvalue weighted by Gasteiger charge is 2.31. The van der Waals surface area contributed by atoms with Gasteiger partial charge in [0.1, 0.15) is 0 Å². The number of piperidine rings is 1. The van der Waals surface area contributed by atoms with Crippen molar-refractivity contribution in [1.82, 2.24) is 5.32 Å². The average molecular weight is 240 g/mol. The highest BCUT2D eigenvalue weighted by molar-refractivity contribution is 6.30. The Balaban J connectivity index is 2.23. The maximum Gasteiger partial charge on any atom is 0.308 e. The molecule has 0 saturated carbocycles. The fraction of sp³-hybridized carbons (Fsp3) is 0.417. The molecular formula is C12H14ClNO2. The van der Waals surface area contributed by atoms with Crippen molar-refractivity contribution < 1.29 is 9.90 Å². The number of benzene rings is 1. The van der Waals surface area contributed by atoms with Gasteiger partial charge >= 0.3 is 5.97 Å². The molecule has 1 saturated heterocycles. The van der Waals surface area contributed by atoms with E-state index in [1.807, 2.05) is 24.3 Å². The van der Waals surface area contributed by atoms with Crippen LogP contribution in [0.15, 0.2) is 24.3 Å². The van der Waals surface area contributed by atoms with Crippen LogP contribution >= 0.6 is 11.6 Å². The molecule has 0 bridgehead atoms. The lowest BCUT2D eigenvalue weighted by molar-refractivity contribution is -0.142. The molecule has 1 heterocycles. The zero-order chi connectivity index (χ0) is 11.5. The van der Waals surface area contributed by atoms with Crippen molar-refractivity contribution in [2.24, 2.45) is 5.92 Å². The van der Waals surface area contributed by atoms with Crippen LogP contribution in [0.25, 0.3) is 0 Å². The molecule has 3 nitrogen and oxygen atoms in total. The molecule has 16 heavy (non-hydrogen) atoms. The van der Waals surface area contributed by atoms with Crippen LogP contribution in [0.5, 0.6) is 0 Å². The van der Waals surface area contributed by atoms with E-state index in [2.05, 4.69) is 5.32 Å². The second kappa shape index (κ2) is 4.85. The largest absolute Gasteiger partial charge is 0.481 e. The number of nitrogens with one attached hydrogen (secondary N) is 1. The predicted molar refractivity (Wildman–Crippen MR) is 62.8 cm³/mol. The summed E-state index contributed by atoms with van der Waals surface area (Å²) in [5.74, 6) is -0.974. The monoisotopic (exact) mass is 239 g/mol. The summed E-state index contributed by atoms with van der Waals surface area (Å²) in [4.78, 5) is 11.1. The van der Waals surface area contributed by atoms with Crippen LogP contribution in [-0.4, -0.2) is 24.2 Å². The zero-order valence-corrected chi connectivity index (χ0v) is 9.57. The van der Waals surface area contributed by atoms with E-state index in [0.29, 0.717) is 11.6 Å². The molecule has 1 fully saturated rings. The maximum absolute atomic E-state index is 11.1. The minimum Gasteiger partial charge on any atom is -0.481 e. The average Bonchev–Trinajstić information content (AvgIpc) is 2.30. The van der Waals surface area contributed by atoms with Crippen molar-refractivity contribution in [3.05, 3.63) is 34.9 Å². The third kappa shape index (κ3) is 2.36. The fourth-order valence-corrected chi connectivity index (χ4v) is 2.35. The summed E-state index contributed by atoms with van der Waals surface area (Å²) in [5, 5.41) is 13.0. The van der Waals surface area contributed by atoms with Crippen molar-refractivity contribution in [1.29, 1.82) is 0 Å². The summed E-state index contributed by atoms with van der Waals surface area (Å²) in [7, 11) is 0. The van der Waals surface area contributed by atoms with E-state index in [-0.39, 0.29) is 11.8 Å². The molecule has 2 N–H and O–H groups in total. The van der Waals surface area contributed by atoms with Gasteiger partial charge in [0.25, 0.3) is 0 Å².